The van der Waals surface area contributed by atoms with Crippen LogP contribution in [0.15, 0.2) is 0 Å². The number of nitrogens with zero attached hydrogens (tertiary/aromatic N) is 2. The van der Waals surface area contributed by atoms with Crippen molar-refractivity contribution in [2.24, 2.45) is 0 Å². The van der Waals surface area contributed by atoms with Gasteiger partial charge in [-0.1, -0.05) is 10.2 Å². The van der Waals surface area contributed by atoms with Crippen molar-refractivity contribution in [3.63, 3.8) is 0 Å². The van der Waals surface area contributed by atoms with Gasteiger partial charge < -0.3 is 5.32 Å². The van der Waals surface area contributed by atoms with Crippen LogP contribution in [0.3, 0.4) is 0 Å². The third-order valence-corrected chi connectivity index (χ3v) is 3.21. The van der Waals surface area contributed by atoms with E-state index in [1.165, 1.54) is 7.05 Å². The van der Waals surface area contributed by atoms with Gasteiger partial charge in [-0.15, -0.1) is 0 Å². The zero-order valence-corrected chi connectivity index (χ0v) is 8.49. The molecular weight excluding hydrogens is 238 g/mol. The maximum Gasteiger partial charge on any atom is 0.427 e. The molecule has 0 aliphatic carbocycles. The SMILES string of the molecule is CNC(=O)Nc1nnc(Cl)[s+]1C(F)F. The summed E-state index contributed by atoms with van der Waals surface area (Å²) in [5.41, 5.74) is 0. The molecule has 0 saturated heterocycles. The van der Waals surface area contributed by atoms with Gasteiger partial charge in [0.2, 0.25) is 0 Å². The molecular formula is C5H6ClF2N4OS+. The van der Waals surface area contributed by atoms with Crippen LogP contribution in [0, 0.1) is 0 Å². The minimum absolute atomic E-state index is 0.218. The molecule has 1 rings (SSSR count). The van der Waals surface area contributed by atoms with Crippen LogP contribution in [0.2, 0.25) is 4.47 Å². The molecule has 14 heavy (non-hydrogen) atoms. The Labute approximate surface area is 85.4 Å². The van der Waals surface area contributed by atoms with E-state index in [9.17, 15) is 13.6 Å². The second-order valence-electron chi connectivity index (χ2n) is 2.06. The summed E-state index contributed by atoms with van der Waals surface area (Å²) in [5.74, 6) is -2.72. The van der Waals surface area contributed by atoms with Crippen molar-refractivity contribution in [3.8, 4) is 0 Å². The van der Waals surface area contributed by atoms with E-state index >= 15 is 0 Å². The first-order valence-electron chi connectivity index (χ1n) is 3.37. The van der Waals surface area contributed by atoms with E-state index in [1.54, 1.807) is 0 Å². The van der Waals surface area contributed by atoms with Crippen molar-refractivity contribution >= 4 is 33.2 Å². The molecule has 1 unspecified atom stereocenters. The number of aromatic nitrogens is 2. The van der Waals surface area contributed by atoms with Crippen LogP contribution in [0.4, 0.5) is 18.7 Å². The second kappa shape index (κ2) is 4.47. The van der Waals surface area contributed by atoms with Crippen LogP contribution in [-0.4, -0.2) is 23.3 Å². The number of alkyl halides is 2. The first-order chi connectivity index (χ1) is 6.56. The van der Waals surface area contributed by atoms with E-state index in [-0.39, 0.29) is 9.60 Å². The van der Waals surface area contributed by atoms with Gasteiger partial charge in [-0.2, -0.15) is 8.78 Å². The Kier molecular flexibility index (Phi) is 3.53. The predicted molar refractivity (Wildman–Crippen MR) is 48.9 cm³/mol. The predicted octanol–water partition coefficient (Wildman–Crippen LogP) is 2.03. The molecule has 0 fully saturated rings. The molecule has 9 heteroatoms. The Hall–Kier alpha value is -1.02. The first kappa shape index (κ1) is 11.1. The van der Waals surface area contributed by atoms with Crippen LogP contribution in [0.5, 0.6) is 0 Å². The van der Waals surface area contributed by atoms with E-state index in [1.807, 2.05) is 0 Å². The summed E-state index contributed by atoms with van der Waals surface area (Å²) in [6.07, 6.45) is 0. The van der Waals surface area contributed by atoms with Gasteiger partial charge in [-0.3, -0.25) is 0 Å². The van der Waals surface area contributed by atoms with Crippen molar-refractivity contribution in [2.45, 2.75) is 5.76 Å². The Bertz CT molecular complexity index is 344. The summed E-state index contributed by atoms with van der Waals surface area (Å²) in [6, 6.07) is -0.636. The molecule has 1 heterocycles. The number of anilines is 1. The number of carbonyl (C=O) groups excluding carboxylic acids is 1. The minimum atomic E-state index is -2.72. The van der Waals surface area contributed by atoms with Crippen LogP contribution in [0.1, 0.15) is 5.76 Å². The van der Waals surface area contributed by atoms with Crippen molar-refractivity contribution in [3.05, 3.63) is 4.47 Å². The van der Waals surface area contributed by atoms with Crippen LogP contribution >= 0.6 is 22.1 Å². The quantitative estimate of drug-likeness (QED) is 0.781. The van der Waals surface area contributed by atoms with Crippen molar-refractivity contribution in [2.75, 3.05) is 12.4 Å². The third kappa shape index (κ3) is 2.26. The average Bonchev–Trinajstić information content (AvgIpc) is 2.46. The fourth-order valence-electron chi connectivity index (χ4n) is 0.650. The maximum absolute atomic E-state index is 12.4. The number of rotatable bonds is 2. The highest BCUT2D eigenvalue weighted by Gasteiger charge is 2.33. The standard InChI is InChI=1S/C5H5ClF2N4OS/c1-9-4(13)10-5-12-11-2(6)14(5)3(7)8/h3H,1H3,(H-,9,10,12,13)/p+1. The van der Waals surface area contributed by atoms with Gasteiger partial charge in [0.1, 0.15) is 10.5 Å². The molecule has 0 aromatic carbocycles. The summed E-state index contributed by atoms with van der Waals surface area (Å²) in [4.78, 5) is 10.8. The highest BCUT2D eigenvalue weighted by Crippen LogP contribution is 2.44. The molecule has 0 spiro atoms. The van der Waals surface area contributed by atoms with Crippen molar-refractivity contribution in [1.82, 2.24) is 15.5 Å². The molecule has 2 N–H and O–H groups in total. The maximum atomic E-state index is 12.4. The van der Waals surface area contributed by atoms with Gasteiger partial charge in [0, 0.05) is 18.6 Å². The number of carbonyl (C=O) groups is 1. The molecule has 1 atom stereocenters. The monoisotopic (exact) mass is 243 g/mol. The van der Waals surface area contributed by atoms with Gasteiger partial charge in [-0.05, 0) is 0 Å². The normalized spacial score (nSPS) is 11.6. The molecule has 2 amide bonds. The van der Waals surface area contributed by atoms with Crippen molar-refractivity contribution < 1.29 is 13.6 Å². The highest BCUT2D eigenvalue weighted by atomic mass is 35.5. The summed E-state index contributed by atoms with van der Waals surface area (Å²) in [7, 11) is -0.369. The molecule has 78 valence electrons. The Balaban J connectivity index is 2.92. The Morgan fingerprint density at radius 3 is 2.71 bits per heavy atom. The smallest absolute Gasteiger partial charge is 0.341 e. The largest absolute Gasteiger partial charge is 0.427 e. The summed E-state index contributed by atoms with van der Waals surface area (Å²) in [5, 5.41) is 10.7. The summed E-state index contributed by atoms with van der Waals surface area (Å²) in [6.45, 7) is 0. The van der Waals surface area contributed by atoms with E-state index in [2.05, 4.69) is 20.8 Å². The average molecular weight is 244 g/mol. The number of nitrogens with one attached hydrogen (secondary N) is 2. The van der Waals surface area contributed by atoms with Gasteiger partial charge in [0.05, 0.1) is 0 Å². The van der Waals surface area contributed by atoms with Gasteiger partial charge >= 0.3 is 21.4 Å². The zero-order valence-electron chi connectivity index (χ0n) is 6.92. The number of amides is 2. The molecule has 0 saturated carbocycles. The zero-order chi connectivity index (χ0) is 10.7. The van der Waals surface area contributed by atoms with Gasteiger partial charge in [-0.25, -0.2) is 10.1 Å². The first-order valence-corrected chi connectivity index (χ1v) is 5.04. The molecule has 5 nitrogen and oxygen atoms in total. The van der Waals surface area contributed by atoms with E-state index < -0.39 is 22.3 Å². The van der Waals surface area contributed by atoms with E-state index in [4.69, 9.17) is 11.6 Å². The van der Waals surface area contributed by atoms with Crippen LogP contribution in [-0.2, 0) is 0 Å². The van der Waals surface area contributed by atoms with Crippen LogP contribution < -0.4 is 10.6 Å². The van der Waals surface area contributed by atoms with Crippen molar-refractivity contribution in [1.29, 1.82) is 0 Å². The second-order valence-corrected chi connectivity index (χ2v) is 4.45. The molecule has 1 aromatic rings. The number of halogens is 3. The topological polar surface area (TPSA) is 66.9 Å². The number of urea groups is 1. The number of hydrogen-bond donors (Lipinski definition) is 2. The molecule has 1 aromatic heterocycles. The fourth-order valence-corrected chi connectivity index (χ4v) is 2.04. The lowest BCUT2D eigenvalue weighted by Crippen LogP contribution is -2.24. The third-order valence-electron chi connectivity index (χ3n) is 1.23. The van der Waals surface area contributed by atoms with Crippen LogP contribution in [0.25, 0.3) is 0 Å². The lowest BCUT2D eigenvalue weighted by molar-refractivity contribution is 0.205. The highest BCUT2D eigenvalue weighted by molar-refractivity contribution is 7.37. The van der Waals surface area contributed by atoms with Gasteiger partial charge in [0.25, 0.3) is 0 Å². The lowest BCUT2D eigenvalue weighted by Gasteiger charge is -1.96. The Morgan fingerprint density at radius 2 is 2.21 bits per heavy atom. The molecule has 0 aliphatic heterocycles. The summed E-state index contributed by atoms with van der Waals surface area (Å²) < 4.78 is 24.5. The molecule has 0 radical (unpaired) electrons. The summed E-state index contributed by atoms with van der Waals surface area (Å²) >= 11 is 5.39. The van der Waals surface area contributed by atoms with E-state index in [0.717, 1.165) is 0 Å². The molecule has 0 bridgehead atoms. The molecule has 0 aliphatic rings. The van der Waals surface area contributed by atoms with Gasteiger partial charge in [0.15, 0.2) is 0 Å². The number of hydrogen-bond acceptors (Lipinski definition) is 3. The minimum Gasteiger partial charge on any atom is -0.341 e. The Morgan fingerprint density at radius 1 is 1.57 bits per heavy atom. The lowest BCUT2D eigenvalue weighted by atomic mass is 10.9. The van der Waals surface area contributed by atoms with E-state index in [0.29, 0.717) is 0 Å². The fraction of sp³-hybridized carbons (Fsp3) is 0.400.